The van der Waals surface area contributed by atoms with E-state index in [1.165, 1.54) is 25.5 Å². The molecule has 23 heavy (non-hydrogen) atoms. The Labute approximate surface area is 136 Å². The van der Waals surface area contributed by atoms with Crippen molar-refractivity contribution in [1.29, 1.82) is 0 Å². The summed E-state index contributed by atoms with van der Waals surface area (Å²) in [7, 11) is 0. The van der Waals surface area contributed by atoms with Gasteiger partial charge in [-0.05, 0) is 30.3 Å². The number of carbonyl (C=O) groups excluding carboxylic acids is 2. The van der Waals surface area contributed by atoms with Gasteiger partial charge < -0.3 is 9.47 Å². The minimum atomic E-state index is -1.21. The summed E-state index contributed by atoms with van der Waals surface area (Å²) in [5.74, 6) is -2.52. The first-order chi connectivity index (χ1) is 10.8. The fourth-order valence-corrected chi connectivity index (χ4v) is 2.37. The third-order valence-electron chi connectivity index (χ3n) is 3.71. The lowest BCUT2D eigenvalue weighted by Gasteiger charge is -2.29. The van der Waals surface area contributed by atoms with E-state index in [9.17, 15) is 9.59 Å². The van der Waals surface area contributed by atoms with Crippen molar-refractivity contribution in [2.75, 3.05) is 13.1 Å². The largest absolute Gasteiger partial charge is 0.419 e. The molecule has 1 saturated heterocycles. The van der Waals surface area contributed by atoms with E-state index in [0.717, 1.165) is 25.2 Å². The van der Waals surface area contributed by atoms with Crippen LogP contribution >= 0.6 is 0 Å². The van der Waals surface area contributed by atoms with Gasteiger partial charge in [-0.1, -0.05) is 38.1 Å². The van der Waals surface area contributed by atoms with Crippen LogP contribution in [0.4, 0.5) is 0 Å². The lowest BCUT2D eigenvalue weighted by Crippen LogP contribution is -2.41. The number of hydrogen-bond donors (Lipinski definition) is 0. The second-order valence-corrected chi connectivity index (χ2v) is 5.94. The minimum Gasteiger partial charge on any atom is -0.419 e. The molecule has 0 atom stereocenters. The zero-order valence-electron chi connectivity index (χ0n) is 14.1. The van der Waals surface area contributed by atoms with Crippen molar-refractivity contribution in [3.05, 3.63) is 41.0 Å². The van der Waals surface area contributed by atoms with Gasteiger partial charge in [0.05, 0.1) is 0 Å². The number of esters is 2. The molecule has 2 rings (SSSR count). The predicted octanol–water partition coefficient (Wildman–Crippen LogP) is 2.75. The van der Waals surface area contributed by atoms with E-state index in [-0.39, 0.29) is 5.57 Å². The highest BCUT2D eigenvalue weighted by atomic mass is 16.7. The normalized spacial score (nSPS) is 17.0. The maximum Gasteiger partial charge on any atom is 0.348 e. The van der Waals surface area contributed by atoms with Gasteiger partial charge in [-0.2, -0.15) is 0 Å². The number of rotatable bonds is 5. The van der Waals surface area contributed by atoms with Crippen LogP contribution in [0.25, 0.3) is 6.08 Å². The Bertz CT molecular complexity index is 590. The molecule has 1 fully saturated rings. The average molecular weight is 317 g/mol. The lowest BCUT2D eigenvalue weighted by molar-refractivity contribution is -0.222. The summed E-state index contributed by atoms with van der Waals surface area (Å²) < 4.78 is 10.2. The van der Waals surface area contributed by atoms with Gasteiger partial charge in [0, 0.05) is 20.4 Å². The lowest BCUT2D eigenvalue weighted by atomic mass is 10.1. The highest BCUT2D eigenvalue weighted by Gasteiger charge is 2.38. The SMILES string of the molecule is CCN(CC)Cc1ccc(C=C2C(=O)OC(C)(C)OC2=O)cc1. The van der Waals surface area contributed by atoms with Crippen molar-refractivity contribution >= 4 is 18.0 Å². The Hall–Kier alpha value is -2.14. The second kappa shape index (κ2) is 6.96. The van der Waals surface area contributed by atoms with Gasteiger partial charge in [-0.25, -0.2) is 9.59 Å². The van der Waals surface area contributed by atoms with Crippen molar-refractivity contribution in [3.8, 4) is 0 Å². The Kier molecular flexibility index (Phi) is 5.21. The van der Waals surface area contributed by atoms with E-state index in [1.807, 2.05) is 24.3 Å². The quantitative estimate of drug-likeness (QED) is 0.475. The molecule has 0 bridgehead atoms. The number of benzene rings is 1. The molecule has 0 unspecified atom stereocenters. The Morgan fingerprint density at radius 2 is 1.52 bits per heavy atom. The zero-order valence-corrected chi connectivity index (χ0v) is 14.1. The molecule has 0 N–H and O–H groups in total. The molecule has 0 aliphatic carbocycles. The maximum atomic E-state index is 11.9. The number of ether oxygens (including phenoxy) is 2. The molecule has 1 aliphatic heterocycles. The topological polar surface area (TPSA) is 55.8 Å². The fraction of sp³-hybridized carbons (Fsp3) is 0.444. The van der Waals surface area contributed by atoms with Gasteiger partial charge in [-0.3, -0.25) is 4.90 Å². The molecule has 1 aromatic carbocycles. The third-order valence-corrected chi connectivity index (χ3v) is 3.71. The Balaban J connectivity index is 2.14. The molecule has 0 radical (unpaired) electrons. The van der Waals surface area contributed by atoms with Gasteiger partial charge in [-0.15, -0.1) is 0 Å². The molecule has 0 spiro atoms. The van der Waals surface area contributed by atoms with Crippen LogP contribution in [0.15, 0.2) is 29.8 Å². The zero-order chi connectivity index (χ0) is 17.0. The minimum absolute atomic E-state index is 0.0826. The number of nitrogens with zero attached hydrogens (tertiary/aromatic N) is 1. The average Bonchev–Trinajstić information content (AvgIpc) is 2.49. The van der Waals surface area contributed by atoms with Crippen molar-refractivity contribution in [3.63, 3.8) is 0 Å². The van der Waals surface area contributed by atoms with Gasteiger partial charge in [0.25, 0.3) is 5.79 Å². The first kappa shape index (κ1) is 17.2. The van der Waals surface area contributed by atoms with Crippen molar-refractivity contribution < 1.29 is 19.1 Å². The smallest absolute Gasteiger partial charge is 0.348 e. The Morgan fingerprint density at radius 3 is 2.00 bits per heavy atom. The summed E-state index contributed by atoms with van der Waals surface area (Å²) in [6.07, 6.45) is 1.50. The van der Waals surface area contributed by atoms with Crippen LogP contribution in [0.5, 0.6) is 0 Å². The first-order valence-electron chi connectivity index (χ1n) is 7.84. The summed E-state index contributed by atoms with van der Waals surface area (Å²) >= 11 is 0. The molecule has 1 heterocycles. The van der Waals surface area contributed by atoms with Crippen LogP contribution in [0.2, 0.25) is 0 Å². The van der Waals surface area contributed by atoms with Crippen molar-refractivity contribution in [1.82, 2.24) is 4.90 Å². The summed E-state index contributed by atoms with van der Waals surface area (Å²) in [5.41, 5.74) is 1.86. The molecule has 5 nitrogen and oxygen atoms in total. The molecular weight excluding hydrogens is 294 g/mol. The van der Waals surface area contributed by atoms with Gasteiger partial charge in [0.1, 0.15) is 5.57 Å². The molecule has 0 saturated carbocycles. The van der Waals surface area contributed by atoms with Crippen LogP contribution in [0.1, 0.15) is 38.8 Å². The Morgan fingerprint density at radius 1 is 1.00 bits per heavy atom. The standard InChI is InChI=1S/C18H23NO4/c1-5-19(6-2)12-14-9-7-13(8-10-14)11-15-16(20)22-18(3,4)23-17(15)21/h7-11H,5-6,12H2,1-4H3. The molecule has 1 aliphatic rings. The number of hydrogen-bond acceptors (Lipinski definition) is 5. The van der Waals surface area contributed by atoms with Crippen LogP contribution in [-0.4, -0.2) is 35.7 Å². The van der Waals surface area contributed by atoms with Crippen molar-refractivity contribution in [2.24, 2.45) is 0 Å². The third kappa shape index (κ3) is 4.42. The van der Waals surface area contributed by atoms with Gasteiger partial charge in [0.15, 0.2) is 0 Å². The van der Waals surface area contributed by atoms with E-state index in [0.29, 0.717) is 0 Å². The van der Waals surface area contributed by atoms with E-state index in [1.54, 1.807) is 0 Å². The summed E-state index contributed by atoms with van der Waals surface area (Å²) in [6.45, 7) is 10.2. The molecule has 124 valence electrons. The van der Waals surface area contributed by atoms with E-state index in [2.05, 4.69) is 18.7 Å². The number of carbonyl (C=O) groups is 2. The fourth-order valence-electron chi connectivity index (χ4n) is 2.37. The molecule has 0 amide bonds. The van der Waals surface area contributed by atoms with Crippen LogP contribution in [0, 0.1) is 0 Å². The monoisotopic (exact) mass is 317 g/mol. The van der Waals surface area contributed by atoms with Crippen LogP contribution < -0.4 is 0 Å². The van der Waals surface area contributed by atoms with Crippen LogP contribution in [0.3, 0.4) is 0 Å². The highest BCUT2D eigenvalue weighted by molar-refractivity contribution is 6.18. The number of cyclic esters (lactones) is 2. The molecular formula is C18H23NO4. The first-order valence-corrected chi connectivity index (χ1v) is 7.84. The van der Waals surface area contributed by atoms with Crippen LogP contribution in [-0.2, 0) is 25.6 Å². The summed E-state index contributed by atoms with van der Waals surface area (Å²) in [5, 5.41) is 0. The van der Waals surface area contributed by atoms with Gasteiger partial charge >= 0.3 is 11.9 Å². The molecule has 0 aromatic heterocycles. The summed E-state index contributed by atoms with van der Waals surface area (Å²) in [6, 6.07) is 7.75. The predicted molar refractivity (Wildman–Crippen MR) is 87.3 cm³/mol. The van der Waals surface area contributed by atoms with E-state index < -0.39 is 17.7 Å². The van der Waals surface area contributed by atoms with Gasteiger partial charge in [0.2, 0.25) is 0 Å². The summed E-state index contributed by atoms with van der Waals surface area (Å²) in [4.78, 5) is 26.1. The molecule has 5 heteroatoms. The highest BCUT2D eigenvalue weighted by Crippen LogP contribution is 2.24. The van der Waals surface area contributed by atoms with Crippen molar-refractivity contribution in [2.45, 2.75) is 40.0 Å². The maximum absolute atomic E-state index is 11.9. The second-order valence-electron chi connectivity index (χ2n) is 5.94. The molecule has 1 aromatic rings. The van der Waals surface area contributed by atoms with E-state index >= 15 is 0 Å². The van der Waals surface area contributed by atoms with E-state index in [4.69, 9.17) is 9.47 Å².